The van der Waals surface area contributed by atoms with E-state index in [1.807, 2.05) is 0 Å². The Morgan fingerprint density at radius 1 is 1.33 bits per heavy atom. The molecular weight excluding hydrogens is 308 g/mol. The first kappa shape index (κ1) is 16.7. The molecule has 1 unspecified atom stereocenters. The van der Waals surface area contributed by atoms with Crippen LogP contribution in [0.25, 0.3) is 0 Å². The first-order valence-corrected chi connectivity index (χ1v) is 8.36. The molecule has 0 saturated carbocycles. The van der Waals surface area contributed by atoms with Crippen molar-refractivity contribution in [1.82, 2.24) is 19.7 Å². The van der Waals surface area contributed by atoms with Crippen molar-refractivity contribution < 1.29 is 14.7 Å². The number of amides is 3. The summed E-state index contributed by atoms with van der Waals surface area (Å²) >= 11 is 0. The van der Waals surface area contributed by atoms with Gasteiger partial charge in [0.25, 0.3) is 5.91 Å². The minimum atomic E-state index is -0.0937. The predicted molar refractivity (Wildman–Crippen MR) is 88.6 cm³/mol. The van der Waals surface area contributed by atoms with Crippen LogP contribution in [0.4, 0.5) is 4.79 Å². The van der Waals surface area contributed by atoms with Gasteiger partial charge in [-0.05, 0) is 30.4 Å². The quantitative estimate of drug-likeness (QED) is 0.866. The maximum absolute atomic E-state index is 12.9. The third-order valence-electron chi connectivity index (χ3n) is 4.87. The van der Waals surface area contributed by atoms with E-state index in [1.54, 1.807) is 41.2 Å². The van der Waals surface area contributed by atoms with Crippen LogP contribution in [0.2, 0.25) is 0 Å². The van der Waals surface area contributed by atoms with Gasteiger partial charge < -0.3 is 19.8 Å². The van der Waals surface area contributed by atoms with Crippen molar-refractivity contribution in [1.29, 1.82) is 0 Å². The van der Waals surface area contributed by atoms with Crippen LogP contribution in [0.5, 0.6) is 0 Å². The fraction of sp³-hybridized carbons (Fsp3) is 0.588. The van der Waals surface area contributed by atoms with Gasteiger partial charge in [-0.3, -0.25) is 9.78 Å². The molecule has 1 fully saturated rings. The van der Waals surface area contributed by atoms with Gasteiger partial charge in [-0.25, -0.2) is 4.79 Å². The number of aliphatic hydroxyl groups is 1. The number of hydrogen-bond acceptors (Lipinski definition) is 4. The Morgan fingerprint density at radius 3 is 2.83 bits per heavy atom. The molecule has 130 valence electrons. The van der Waals surface area contributed by atoms with Gasteiger partial charge in [0.15, 0.2) is 0 Å². The minimum Gasteiger partial charge on any atom is -0.394 e. The van der Waals surface area contributed by atoms with Crippen LogP contribution in [0.15, 0.2) is 12.4 Å². The van der Waals surface area contributed by atoms with Crippen molar-refractivity contribution in [2.24, 2.45) is 0 Å². The van der Waals surface area contributed by atoms with Crippen molar-refractivity contribution in [3.05, 3.63) is 29.1 Å². The van der Waals surface area contributed by atoms with Gasteiger partial charge in [-0.1, -0.05) is 0 Å². The van der Waals surface area contributed by atoms with E-state index in [-0.39, 0.29) is 24.6 Å². The van der Waals surface area contributed by atoms with Crippen molar-refractivity contribution in [3.63, 3.8) is 0 Å². The highest BCUT2D eigenvalue weighted by Gasteiger charge is 2.32. The number of carbonyl (C=O) groups is 2. The van der Waals surface area contributed by atoms with E-state index < -0.39 is 0 Å². The van der Waals surface area contributed by atoms with Crippen molar-refractivity contribution in [3.8, 4) is 0 Å². The number of nitrogens with zero attached hydrogens (tertiary/aromatic N) is 4. The Morgan fingerprint density at radius 2 is 2.12 bits per heavy atom. The van der Waals surface area contributed by atoms with E-state index in [0.29, 0.717) is 31.6 Å². The smallest absolute Gasteiger partial charge is 0.319 e. The second-order valence-electron chi connectivity index (χ2n) is 6.65. The molecule has 3 heterocycles. The normalized spacial score (nSPS) is 20.0. The van der Waals surface area contributed by atoms with Crippen LogP contribution in [0.3, 0.4) is 0 Å². The van der Waals surface area contributed by atoms with Gasteiger partial charge in [0, 0.05) is 46.1 Å². The largest absolute Gasteiger partial charge is 0.394 e. The number of rotatable bonds is 2. The average Bonchev–Trinajstić information content (AvgIpc) is 3.08. The molecule has 24 heavy (non-hydrogen) atoms. The van der Waals surface area contributed by atoms with Crippen LogP contribution in [0, 0.1) is 0 Å². The summed E-state index contributed by atoms with van der Waals surface area (Å²) in [6.07, 6.45) is 5.78. The molecule has 1 aromatic heterocycles. The highest BCUT2D eigenvalue weighted by molar-refractivity contribution is 5.96. The molecule has 3 rings (SSSR count). The lowest BCUT2D eigenvalue weighted by atomic mass is 9.96. The van der Waals surface area contributed by atoms with Crippen LogP contribution < -0.4 is 0 Å². The Kier molecular flexibility index (Phi) is 4.71. The molecule has 2 aliphatic rings. The number of carbonyl (C=O) groups excluding carboxylic acids is 2. The number of aliphatic hydroxyl groups excluding tert-OH is 1. The monoisotopic (exact) mass is 332 g/mol. The first-order chi connectivity index (χ1) is 11.5. The van der Waals surface area contributed by atoms with E-state index in [4.69, 9.17) is 0 Å². The molecule has 0 bridgehead atoms. The molecule has 1 aromatic rings. The SMILES string of the molecule is CN(C)C(=O)N1CCc2c(cncc2C(=O)N2CCCC2CO)C1. The number of likely N-dealkylation sites (tertiary alicyclic amines) is 1. The summed E-state index contributed by atoms with van der Waals surface area (Å²) in [5, 5.41) is 9.46. The topological polar surface area (TPSA) is 77.0 Å². The summed E-state index contributed by atoms with van der Waals surface area (Å²) in [6.45, 7) is 1.75. The lowest BCUT2D eigenvalue weighted by Gasteiger charge is -2.32. The van der Waals surface area contributed by atoms with Gasteiger partial charge >= 0.3 is 6.03 Å². The molecule has 2 aliphatic heterocycles. The lowest BCUT2D eigenvalue weighted by Crippen LogP contribution is -2.43. The Hall–Kier alpha value is -2.15. The molecule has 0 radical (unpaired) electrons. The summed E-state index contributed by atoms with van der Waals surface area (Å²) in [7, 11) is 3.47. The van der Waals surface area contributed by atoms with Crippen LogP contribution in [0.1, 0.15) is 34.3 Å². The zero-order valence-electron chi connectivity index (χ0n) is 14.2. The van der Waals surface area contributed by atoms with E-state index in [1.165, 1.54) is 0 Å². The molecule has 0 aliphatic carbocycles. The van der Waals surface area contributed by atoms with Crippen molar-refractivity contribution in [2.75, 3.05) is 33.8 Å². The van der Waals surface area contributed by atoms with E-state index in [9.17, 15) is 14.7 Å². The predicted octanol–water partition coefficient (Wildman–Crippen LogP) is 0.718. The van der Waals surface area contributed by atoms with Gasteiger partial charge in [0.2, 0.25) is 0 Å². The van der Waals surface area contributed by atoms with Crippen LogP contribution in [-0.2, 0) is 13.0 Å². The van der Waals surface area contributed by atoms with E-state index in [0.717, 1.165) is 24.0 Å². The zero-order valence-corrected chi connectivity index (χ0v) is 14.2. The maximum Gasteiger partial charge on any atom is 0.319 e. The number of pyridine rings is 1. The summed E-state index contributed by atoms with van der Waals surface area (Å²) < 4.78 is 0. The molecule has 3 amide bonds. The van der Waals surface area contributed by atoms with Gasteiger partial charge in [-0.15, -0.1) is 0 Å². The van der Waals surface area contributed by atoms with Crippen molar-refractivity contribution >= 4 is 11.9 Å². The highest BCUT2D eigenvalue weighted by Crippen LogP contribution is 2.26. The zero-order chi connectivity index (χ0) is 17.3. The highest BCUT2D eigenvalue weighted by atomic mass is 16.3. The molecule has 7 nitrogen and oxygen atoms in total. The second kappa shape index (κ2) is 6.76. The summed E-state index contributed by atoms with van der Waals surface area (Å²) in [4.78, 5) is 34.3. The summed E-state index contributed by atoms with van der Waals surface area (Å²) in [6, 6.07) is -0.124. The first-order valence-electron chi connectivity index (χ1n) is 8.36. The number of urea groups is 1. The average molecular weight is 332 g/mol. The third-order valence-corrected chi connectivity index (χ3v) is 4.87. The number of fused-ring (bicyclic) bond motifs is 1. The molecule has 1 atom stereocenters. The Labute approximate surface area is 141 Å². The van der Waals surface area contributed by atoms with E-state index in [2.05, 4.69) is 4.98 Å². The Balaban J connectivity index is 1.84. The van der Waals surface area contributed by atoms with E-state index >= 15 is 0 Å². The van der Waals surface area contributed by atoms with Gasteiger partial charge in [-0.2, -0.15) is 0 Å². The maximum atomic E-state index is 12.9. The molecule has 0 spiro atoms. The summed E-state index contributed by atoms with van der Waals surface area (Å²) in [5.74, 6) is -0.0525. The fourth-order valence-electron chi connectivity index (χ4n) is 3.57. The number of hydrogen-bond donors (Lipinski definition) is 1. The molecule has 7 heteroatoms. The fourth-order valence-corrected chi connectivity index (χ4v) is 3.57. The van der Waals surface area contributed by atoms with Crippen LogP contribution in [-0.4, -0.2) is 76.6 Å². The number of aromatic nitrogens is 1. The van der Waals surface area contributed by atoms with Gasteiger partial charge in [0.1, 0.15) is 0 Å². The molecule has 1 saturated heterocycles. The summed E-state index contributed by atoms with van der Waals surface area (Å²) in [5.41, 5.74) is 2.54. The van der Waals surface area contributed by atoms with Crippen LogP contribution >= 0.6 is 0 Å². The Bertz CT molecular complexity index is 647. The molecular formula is C17H24N4O3. The molecule has 0 aromatic carbocycles. The second-order valence-corrected chi connectivity index (χ2v) is 6.65. The standard InChI is InChI=1S/C17H24N4O3/c1-19(2)17(24)20-7-5-14-12(10-20)8-18-9-15(14)16(23)21-6-3-4-13(21)11-22/h8-9,13,22H,3-7,10-11H2,1-2H3. The third kappa shape index (κ3) is 2.96. The molecule has 1 N–H and O–H groups in total. The van der Waals surface area contributed by atoms with Gasteiger partial charge in [0.05, 0.1) is 18.2 Å². The minimum absolute atomic E-state index is 0.000688. The lowest BCUT2D eigenvalue weighted by molar-refractivity contribution is 0.0675. The van der Waals surface area contributed by atoms with Crippen molar-refractivity contribution in [2.45, 2.75) is 31.8 Å².